The van der Waals surface area contributed by atoms with Crippen LogP contribution in [0.3, 0.4) is 0 Å². The van der Waals surface area contributed by atoms with Gasteiger partial charge in [0.15, 0.2) is 6.61 Å². The molecule has 0 aliphatic heterocycles. The normalized spacial score (nSPS) is 11.0. The van der Waals surface area contributed by atoms with E-state index in [1.807, 2.05) is 77.8 Å². The highest BCUT2D eigenvalue weighted by molar-refractivity contribution is 7.13. The number of aromatic nitrogens is 2. The Bertz CT molecular complexity index is 1170. The molecule has 0 fully saturated rings. The van der Waals surface area contributed by atoms with Crippen molar-refractivity contribution in [1.82, 2.24) is 15.2 Å². The highest BCUT2D eigenvalue weighted by Gasteiger charge is 2.11. The van der Waals surface area contributed by atoms with Crippen LogP contribution in [0, 0.1) is 6.92 Å². The van der Waals surface area contributed by atoms with Crippen LogP contribution in [0.2, 0.25) is 0 Å². The number of nitrogens with zero attached hydrogens (tertiary/aromatic N) is 3. The van der Waals surface area contributed by atoms with Crippen LogP contribution in [0.15, 0.2) is 83.4 Å². The van der Waals surface area contributed by atoms with Crippen molar-refractivity contribution in [1.29, 1.82) is 0 Å². The molecule has 156 valence electrons. The molecule has 0 radical (unpaired) electrons. The number of ether oxygens (including phenoxy) is 1. The number of benzene rings is 2. The van der Waals surface area contributed by atoms with Crippen LogP contribution in [0.1, 0.15) is 16.7 Å². The Morgan fingerprint density at radius 1 is 1.16 bits per heavy atom. The smallest absolute Gasteiger partial charge is 0.277 e. The van der Waals surface area contributed by atoms with E-state index >= 15 is 0 Å². The molecule has 0 saturated heterocycles. The number of rotatable bonds is 8. The van der Waals surface area contributed by atoms with Gasteiger partial charge in [0.05, 0.1) is 17.6 Å². The summed E-state index contributed by atoms with van der Waals surface area (Å²) in [4.78, 5) is 13.1. The third-order valence-electron chi connectivity index (χ3n) is 4.48. The van der Waals surface area contributed by atoms with Gasteiger partial charge in [-0.15, -0.1) is 11.3 Å². The zero-order chi connectivity index (χ0) is 21.5. The molecule has 31 heavy (non-hydrogen) atoms. The highest BCUT2D eigenvalue weighted by Crippen LogP contribution is 2.26. The van der Waals surface area contributed by atoms with Crippen molar-refractivity contribution in [2.75, 3.05) is 6.61 Å². The number of hydrogen-bond donors (Lipinski definition) is 1. The average Bonchev–Trinajstić information content (AvgIpc) is 3.43. The van der Waals surface area contributed by atoms with Crippen LogP contribution in [-0.2, 0) is 11.3 Å². The van der Waals surface area contributed by atoms with E-state index in [1.165, 1.54) is 0 Å². The van der Waals surface area contributed by atoms with Crippen LogP contribution in [-0.4, -0.2) is 28.5 Å². The lowest BCUT2D eigenvalue weighted by Gasteiger charge is -2.05. The van der Waals surface area contributed by atoms with Gasteiger partial charge in [-0.2, -0.15) is 10.2 Å². The maximum atomic E-state index is 12.1. The molecule has 1 amide bonds. The Balaban J connectivity index is 1.42. The molecule has 0 saturated carbocycles. The summed E-state index contributed by atoms with van der Waals surface area (Å²) in [5.74, 6) is 0.327. The molecule has 1 N–H and O–H groups in total. The van der Waals surface area contributed by atoms with E-state index in [1.54, 1.807) is 17.6 Å². The monoisotopic (exact) mass is 430 g/mol. The Hall–Kier alpha value is -3.71. The van der Waals surface area contributed by atoms with Gasteiger partial charge in [0, 0.05) is 11.8 Å². The average molecular weight is 431 g/mol. The topological polar surface area (TPSA) is 68.5 Å². The lowest BCUT2D eigenvalue weighted by molar-refractivity contribution is -0.123. The molecule has 2 heterocycles. The first-order chi connectivity index (χ1) is 15.2. The maximum Gasteiger partial charge on any atom is 0.277 e. The number of hydrogen-bond acceptors (Lipinski definition) is 5. The van der Waals surface area contributed by atoms with Gasteiger partial charge < -0.3 is 4.74 Å². The molecule has 0 unspecified atom stereocenters. The van der Waals surface area contributed by atoms with Crippen molar-refractivity contribution in [2.24, 2.45) is 5.10 Å². The molecule has 0 atom stereocenters. The number of carbonyl (C=O) groups is 1. The number of aryl methyl sites for hydroxylation is 1. The van der Waals surface area contributed by atoms with E-state index in [-0.39, 0.29) is 12.5 Å². The molecule has 2 aromatic carbocycles. The summed E-state index contributed by atoms with van der Waals surface area (Å²) in [6.45, 7) is 2.52. The number of amides is 1. The number of hydrazone groups is 1. The van der Waals surface area contributed by atoms with Gasteiger partial charge in [-0.05, 0) is 41.6 Å². The first kappa shape index (κ1) is 20.6. The largest absolute Gasteiger partial charge is 0.484 e. The van der Waals surface area contributed by atoms with Crippen molar-refractivity contribution >= 4 is 23.5 Å². The van der Waals surface area contributed by atoms with Gasteiger partial charge in [-0.3, -0.25) is 9.48 Å². The summed E-state index contributed by atoms with van der Waals surface area (Å²) in [6, 6.07) is 21.7. The van der Waals surface area contributed by atoms with E-state index in [9.17, 15) is 4.79 Å². The van der Waals surface area contributed by atoms with E-state index < -0.39 is 0 Å². The fraction of sp³-hybridized carbons (Fsp3) is 0.125. The standard InChI is InChI=1S/C24H22N4O2S/c1-18-7-5-10-21(13-18)30-17-23(29)26-25-14-20-16-28(15-19-8-3-2-4-9-19)27-24(20)22-11-6-12-31-22/h2-14,16H,15,17H2,1H3,(H,26,29)/b25-14+. The molecule has 0 aliphatic carbocycles. The van der Waals surface area contributed by atoms with Gasteiger partial charge in [0.1, 0.15) is 11.4 Å². The molecule has 0 spiro atoms. The minimum Gasteiger partial charge on any atom is -0.484 e. The van der Waals surface area contributed by atoms with Crippen LogP contribution >= 0.6 is 11.3 Å². The van der Waals surface area contributed by atoms with E-state index in [4.69, 9.17) is 9.84 Å². The summed E-state index contributed by atoms with van der Waals surface area (Å²) >= 11 is 1.61. The second-order valence-corrected chi connectivity index (χ2v) is 7.94. The third-order valence-corrected chi connectivity index (χ3v) is 5.36. The predicted octanol–water partition coefficient (Wildman–Crippen LogP) is 4.50. The second-order valence-electron chi connectivity index (χ2n) is 6.99. The minimum atomic E-state index is -0.327. The molecule has 7 heteroatoms. The van der Waals surface area contributed by atoms with Crippen LogP contribution in [0.25, 0.3) is 10.6 Å². The molecule has 0 aliphatic rings. The Labute approximate surface area is 184 Å². The fourth-order valence-corrected chi connectivity index (χ4v) is 3.78. The highest BCUT2D eigenvalue weighted by atomic mass is 32.1. The Morgan fingerprint density at radius 3 is 2.81 bits per heavy atom. The predicted molar refractivity (Wildman–Crippen MR) is 123 cm³/mol. The van der Waals surface area contributed by atoms with E-state index in [2.05, 4.69) is 22.7 Å². The lowest BCUT2D eigenvalue weighted by Crippen LogP contribution is -2.24. The molecule has 4 aromatic rings. The van der Waals surface area contributed by atoms with Crippen molar-refractivity contribution in [3.05, 3.63) is 95.0 Å². The Kier molecular flexibility index (Phi) is 6.54. The summed E-state index contributed by atoms with van der Waals surface area (Å²) in [7, 11) is 0. The molecule has 2 aromatic heterocycles. The third kappa shape index (κ3) is 5.67. The van der Waals surface area contributed by atoms with Crippen molar-refractivity contribution < 1.29 is 9.53 Å². The maximum absolute atomic E-state index is 12.1. The molecular formula is C24H22N4O2S. The van der Waals surface area contributed by atoms with Crippen molar-refractivity contribution in [3.8, 4) is 16.3 Å². The van der Waals surface area contributed by atoms with Gasteiger partial charge in [0.25, 0.3) is 5.91 Å². The zero-order valence-electron chi connectivity index (χ0n) is 17.1. The number of nitrogens with one attached hydrogen (secondary N) is 1. The fourth-order valence-electron chi connectivity index (χ4n) is 3.05. The van der Waals surface area contributed by atoms with Crippen molar-refractivity contribution in [3.63, 3.8) is 0 Å². The summed E-state index contributed by atoms with van der Waals surface area (Å²) in [5, 5.41) is 10.8. The Morgan fingerprint density at radius 2 is 2.03 bits per heavy atom. The molecular weight excluding hydrogens is 408 g/mol. The summed E-state index contributed by atoms with van der Waals surface area (Å²) in [6.07, 6.45) is 3.55. The van der Waals surface area contributed by atoms with E-state index in [0.29, 0.717) is 12.3 Å². The van der Waals surface area contributed by atoms with E-state index in [0.717, 1.165) is 27.3 Å². The van der Waals surface area contributed by atoms with Crippen molar-refractivity contribution in [2.45, 2.75) is 13.5 Å². The summed E-state index contributed by atoms with van der Waals surface area (Å²) < 4.78 is 7.39. The molecule has 6 nitrogen and oxygen atoms in total. The first-order valence-corrected chi connectivity index (χ1v) is 10.7. The molecule has 4 rings (SSSR count). The lowest BCUT2D eigenvalue weighted by atomic mass is 10.2. The summed E-state index contributed by atoms with van der Waals surface area (Å²) in [5.41, 5.74) is 6.42. The SMILES string of the molecule is Cc1cccc(OCC(=O)N/N=C/c2cn(Cc3ccccc3)nc2-c2cccs2)c1. The second kappa shape index (κ2) is 9.86. The van der Waals surface area contributed by atoms with Gasteiger partial charge >= 0.3 is 0 Å². The van der Waals surface area contributed by atoms with Gasteiger partial charge in [0.2, 0.25) is 0 Å². The van der Waals surface area contributed by atoms with Crippen LogP contribution in [0.4, 0.5) is 0 Å². The number of thiophene rings is 1. The van der Waals surface area contributed by atoms with Crippen LogP contribution < -0.4 is 10.2 Å². The number of carbonyl (C=O) groups excluding carboxylic acids is 1. The zero-order valence-corrected chi connectivity index (χ0v) is 17.9. The first-order valence-electron chi connectivity index (χ1n) is 9.84. The van der Waals surface area contributed by atoms with Gasteiger partial charge in [-0.1, -0.05) is 48.5 Å². The molecule has 0 bridgehead atoms. The van der Waals surface area contributed by atoms with Crippen LogP contribution in [0.5, 0.6) is 5.75 Å². The quantitative estimate of drug-likeness (QED) is 0.331. The van der Waals surface area contributed by atoms with Gasteiger partial charge in [-0.25, -0.2) is 5.43 Å². The minimum absolute atomic E-state index is 0.105.